The maximum absolute atomic E-state index is 12.3. The van der Waals surface area contributed by atoms with E-state index in [1.165, 1.54) is 25.7 Å². The fourth-order valence-electron chi connectivity index (χ4n) is 2.68. The van der Waals surface area contributed by atoms with Gasteiger partial charge in [0.15, 0.2) is 0 Å². The van der Waals surface area contributed by atoms with E-state index in [0.717, 1.165) is 22.3 Å². The molecule has 1 fully saturated rings. The van der Waals surface area contributed by atoms with Crippen molar-refractivity contribution in [3.63, 3.8) is 0 Å². The number of benzene rings is 1. The van der Waals surface area contributed by atoms with Gasteiger partial charge < -0.3 is 5.32 Å². The Bertz CT molecular complexity index is 444. The first-order valence-corrected chi connectivity index (χ1v) is 9.03. The molecule has 0 saturated heterocycles. The minimum absolute atomic E-state index is 0.0529. The van der Waals surface area contributed by atoms with Crippen molar-refractivity contribution >= 4 is 33.6 Å². The number of nitrogens with one attached hydrogen (secondary N) is 1. The summed E-state index contributed by atoms with van der Waals surface area (Å²) in [4.78, 5) is 13.3. The monoisotopic (exact) mass is 341 g/mol. The van der Waals surface area contributed by atoms with Crippen LogP contribution in [-0.2, 0) is 0 Å². The summed E-state index contributed by atoms with van der Waals surface area (Å²) in [6, 6.07) is 7.79. The quantitative estimate of drug-likeness (QED) is 0.645. The van der Waals surface area contributed by atoms with Gasteiger partial charge in [0.1, 0.15) is 0 Å². The summed E-state index contributed by atoms with van der Waals surface area (Å²) in [6.45, 7) is 0.778. The first kappa shape index (κ1) is 14.9. The topological polar surface area (TPSA) is 29.1 Å². The van der Waals surface area contributed by atoms with E-state index in [2.05, 4.69) is 21.2 Å². The van der Waals surface area contributed by atoms with E-state index in [0.29, 0.717) is 0 Å². The molecule has 19 heavy (non-hydrogen) atoms. The highest BCUT2D eigenvalue weighted by Gasteiger charge is 2.33. The Labute approximate surface area is 127 Å². The maximum Gasteiger partial charge on any atom is 0.252 e. The summed E-state index contributed by atoms with van der Waals surface area (Å²) < 4.78 is 0. The largest absolute Gasteiger partial charge is 0.351 e. The zero-order chi connectivity index (χ0) is 13.7. The molecule has 2 nitrogen and oxygen atoms in total. The molecule has 0 unspecified atom stereocenters. The Morgan fingerprint density at radius 1 is 1.37 bits per heavy atom. The lowest BCUT2D eigenvalue weighted by molar-refractivity contribution is 0.0932. The van der Waals surface area contributed by atoms with E-state index in [1.807, 2.05) is 30.5 Å². The van der Waals surface area contributed by atoms with E-state index < -0.39 is 0 Å². The molecule has 1 aromatic rings. The molecule has 1 aliphatic rings. The van der Waals surface area contributed by atoms with Crippen LogP contribution in [0, 0.1) is 5.41 Å². The standard InChI is InChI=1S/C15H20BrNOS/c1-19-13-7-3-2-6-12(13)14(18)17-11-15(10-16)8-4-5-9-15/h2-3,6-7H,4-5,8-11H2,1H3,(H,17,18). The first-order valence-electron chi connectivity index (χ1n) is 6.68. The molecule has 1 aliphatic carbocycles. The van der Waals surface area contributed by atoms with Crippen LogP contribution in [0.2, 0.25) is 0 Å². The van der Waals surface area contributed by atoms with Crippen molar-refractivity contribution in [1.29, 1.82) is 0 Å². The summed E-state index contributed by atoms with van der Waals surface area (Å²) in [5, 5.41) is 4.10. The maximum atomic E-state index is 12.3. The van der Waals surface area contributed by atoms with Crippen molar-refractivity contribution in [2.75, 3.05) is 18.1 Å². The van der Waals surface area contributed by atoms with Gasteiger partial charge in [0.25, 0.3) is 5.91 Å². The van der Waals surface area contributed by atoms with Crippen LogP contribution in [0.3, 0.4) is 0 Å². The van der Waals surface area contributed by atoms with Crippen LogP contribution in [0.4, 0.5) is 0 Å². The Kier molecular flexibility index (Phi) is 5.34. The second-order valence-electron chi connectivity index (χ2n) is 5.22. The number of halogens is 1. The Balaban J connectivity index is 2.01. The predicted octanol–water partition coefficient (Wildman–Crippen LogP) is 4.09. The number of rotatable bonds is 5. The average molecular weight is 342 g/mol. The Hall–Kier alpha value is -0.480. The fourth-order valence-corrected chi connectivity index (χ4v) is 4.03. The third kappa shape index (κ3) is 3.54. The number of carbonyl (C=O) groups is 1. The van der Waals surface area contributed by atoms with E-state index >= 15 is 0 Å². The molecule has 4 heteroatoms. The molecule has 0 heterocycles. The summed E-state index contributed by atoms with van der Waals surface area (Å²) >= 11 is 5.23. The van der Waals surface area contributed by atoms with Gasteiger partial charge in [0.05, 0.1) is 5.56 Å². The molecule has 0 aromatic heterocycles. The van der Waals surface area contributed by atoms with Gasteiger partial charge in [-0.25, -0.2) is 0 Å². The molecule has 2 rings (SSSR count). The summed E-state index contributed by atoms with van der Waals surface area (Å²) in [5.41, 5.74) is 1.06. The number of thioether (sulfide) groups is 1. The molecule has 0 radical (unpaired) electrons. The third-order valence-electron chi connectivity index (χ3n) is 3.92. The van der Waals surface area contributed by atoms with Gasteiger partial charge in [0, 0.05) is 16.8 Å². The van der Waals surface area contributed by atoms with Crippen LogP contribution in [-0.4, -0.2) is 24.0 Å². The number of carbonyl (C=O) groups excluding carboxylic acids is 1. The van der Waals surface area contributed by atoms with Gasteiger partial charge >= 0.3 is 0 Å². The molecule has 0 atom stereocenters. The highest BCUT2D eigenvalue weighted by atomic mass is 79.9. The van der Waals surface area contributed by atoms with E-state index in [-0.39, 0.29) is 11.3 Å². The zero-order valence-electron chi connectivity index (χ0n) is 11.2. The SMILES string of the molecule is CSc1ccccc1C(=O)NCC1(CBr)CCCC1. The highest BCUT2D eigenvalue weighted by Crippen LogP contribution is 2.39. The lowest BCUT2D eigenvalue weighted by atomic mass is 9.89. The summed E-state index contributed by atoms with van der Waals surface area (Å²) in [5.74, 6) is 0.0529. The minimum Gasteiger partial charge on any atom is -0.351 e. The van der Waals surface area contributed by atoms with Gasteiger partial charge in [-0.05, 0) is 36.6 Å². The van der Waals surface area contributed by atoms with E-state index in [4.69, 9.17) is 0 Å². The molecule has 1 N–H and O–H groups in total. The molecule has 0 aliphatic heterocycles. The number of amides is 1. The average Bonchev–Trinajstić information content (AvgIpc) is 2.94. The van der Waals surface area contributed by atoms with Crippen LogP contribution < -0.4 is 5.32 Å². The molecular formula is C15H20BrNOS. The highest BCUT2D eigenvalue weighted by molar-refractivity contribution is 9.09. The summed E-state index contributed by atoms with van der Waals surface area (Å²) in [7, 11) is 0. The van der Waals surface area contributed by atoms with Gasteiger partial charge in [-0.15, -0.1) is 11.8 Å². The molecule has 0 spiro atoms. The Morgan fingerprint density at radius 2 is 2.05 bits per heavy atom. The summed E-state index contributed by atoms with van der Waals surface area (Å²) in [6.07, 6.45) is 6.99. The predicted molar refractivity (Wildman–Crippen MR) is 85.3 cm³/mol. The number of hydrogen-bond acceptors (Lipinski definition) is 2. The third-order valence-corrected chi connectivity index (χ3v) is 5.91. The van der Waals surface area contributed by atoms with E-state index in [9.17, 15) is 4.79 Å². The van der Waals surface area contributed by atoms with Crippen LogP contribution in [0.1, 0.15) is 36.0 Å². The number of hydrogen-bond donors (Lipinski definition) is 1. The van der Waals surface area contributed by atoms with Crippen molar-refractivity contribution in [1.82, 2.24) is 5.32 Å². The lowest BCUT2D eigenvalue weighted by Crippen LogP contribution is -2.37. The smallest absolute Gasteiger partial charge is 0.252 e. The Morgan fingerprint density at radius 3 is 2.68 bits per heavy atom. The fraction of sp³-hybridized carbons (Fsp3) is 0.533. The molecule has 104 valence electrons. The first-order chi connectivity index (χ1) is 9.21. The van der Waals surface area contributed by atoms with Crippen LogP contribution in [0.5, 0.6) is 0 Å². The van der Waals surface area contributed by atoms with Gasteiger partial charge in [-0.1, -0.05) is 40.9 Å². The second kappa shape index (κ2) is 6.80. The lowest BCUT2D eigenvalue weighted by Gasteiger charge is -2.26. The minimum atomic E-state index is 0.0529. The van der Waals surface area contributed by atoms with Crippen molar-refractivity contribution in [3.05, 3.63) is 29.8 Å². The number of alkyl halides is 1. The van der Waals surface area contributed by atoms with Crippen molar-refractivity contribution in [3.8, 4) is 0 Å². The normalized spacial score (nSPS) is 17.4. The second-order valence-corrected chi connectivity index (χ2v) is 6.63. The molecule has 1 amide bonds. The van der Waals surface area contributed by atoms with Gasteiger partial charge in [0.2, 0.25) is 0 Å². The zero-order valence-corrected chi connectivity index (χ0v) is 13.6. The van der Waals surface area contributed by atoms with Gasteiger partial charge in [-0.2, -0.15) is 0 Å². The van der Waals surface area contributed by atoms with Crippen molar-refractivity contribution < 1.29 is 4.79 Å². The van der Waals surface area contributed by atoms with Gasteiger partial charge in [-0.3, -0.25) is 4.79 Å². The van der Waals surface area contributed by atoms with Crippen LogP contribution in [0.15, 0.2) is 29.2 Å². The molecule has 0 bridgehead atoms. The van der Waals surface area contributed by atoms with E-state index in [1.54, 1.807) is 11.8 Å². The van der Waals surface area contributed by atoms with Crippen LogP contribution in [0.25, 0.3) is 0 Å². The molecule has 1 saturated carbocycles. The van der Waals surface area contributed by atoms with Crippen LogP contribution >= 0.6 is 27.7 Å². The molecule has 1 aromatic carbocycles. The molecular weight excluding hydrogens is 322 g/mol. The van der Waals surface area contributed by atoms with Crippen molar-refractivity contribution in [2.24, 2.45) is 5.41 Å². The van der Waals surface area contributed by atoms with Crippen molar-refractivity contribution in [2.45, 2.75) is 30.6 Å².